The molecule has 1 saturated heterocycles. The molecular weight excluding hydrogens is 554 g/mol. The quantitative estimate of drug-likeness (QED) is 0.164. The number of imidazole rings is 1. The molecule has 0 amide bonds. The zero-order valence-electron chi connectivity index (χ0n) is 16.2. The Balaban J connectivity index is 1.60. The van der Waals surface area contributed by atoms with Gasteiger partial charge in [0.15, 0.2) is 17.7 Å². The van der Waals surface area contributed by atoms with Gasteiger partial charge in [0.2, 0.25) is 0 Å². The number of nitrogens with two attached hydrogens (primary N) is 1. The van der Waals surface area contributed by atoms with Crippen molar-refractivity contribution in [2.24, 2.45) is 0 Å². The van der Waals surface area contributed by atoms with Gasteiger partial charge in [0.25, 0.3) is 0 Å². The summed E-state index contributed by atoms with van der Waals surface area (Å²) in [5.74, 6) is 0.0432. The Morgan fingerprint density at radius 3 is 2.38 bits per heavy atom. The molecule has 0 saturated carbocycles. The van der Waals surface area contributed by atoms with E-state index in [-0.39, 0.29) is 17.0 Å². The third-order valence-corrected chi connectivity index (χ3v) is 9.22. The maximum absolute atomic E-state index is 11.8. The molecule has 0 aromatic carbocycles. The highest BCUT2D eigenvalue weighted by molar-refractivity contribution is 7.68. The van der Waals surface area contributed by atoms with E-state index >= 15 is 0 Å². The fourth-order valence-corrected chi connectivity index (χ4v) is 6.92. The average Bonchev–Trinajstić information content (AvgIpc) is 3.19. The number of hydrogen-bond donors (Lipinski definition) is 7. The number of anilines is 1. The van der Waals surface area contributed by atoms with E-state index in [0.29, 0.717) is 0 Å². The van der Waals surface area contributed by atoms with E-state index in [9.17, 15) is 33.4 Å². The second-order valence-corrected chi connectivity index (χ2v) is 12.1. The van der Waals surface area contributed by atoms with Crippen molar-refractivity contribution >= 4 is 48.7 Å². The highest BCUT2D eigenvalue weighted by Gasteiger charge is 2.45. The summed E-state index contributed by atoms with van der Waals surface area (Å²) in [7, 11) is -21.1. The fraction of sp³-hybridized carbons (Fsp3) is 0.500. The Morgan fingerprint density at radius 1 is 1.06 bits per heavy atom. The zero-order chi connectivity index (χ0) is 25.5. The van der Waals surface area contributed by atoms with Crippen LogP contribution in [0.15, 0.2) is 12.7 Å². The molecule has 0 aliphatic carbocycles. The van der Waals surface area contributed by atoms with Crippen LogP contribution in [0.2, 0.25) is 0 Å². The average molecular weight is 571 g/mol. The van der Waals surface area contributed by atoms with E-state index in [1.54, 1.807) is 0 Å². The minimum atomic E-state index is -5.81. The third kappa shape index (κ3) is 6.73. The third-order valence-electron chi connectivity index (χ3n) is 3.97. The van der Waals surface area contributed by atoms with E-state index in [0.717, 1.165) is 6.33 Å². The van der Waals surface area contributed by atoms with Crippen LogP contribution >= 0.6 is 31.7 Å². The zero-order valence-corrected chi connectivity index (χ0v) is 19.9. The summed E-state index contributed by atoms with van der Waals surface area (Å²) in [5, 5.41) is 20.5. The van der Waals surface area contributed by atoms with Gasteiger partial charge in [-0.15, -0.1) is 0 Å². The van der Waals surface area contributed by atoms with Crippen LogP contribution in [0.1, 0.15) is 6.23 Å². The van der Waals surface area contributed by atoms with Gasteiger partial charge in [-0.1, -0.05) is 0 Å². The molecule has 8 N–H and O–H groups in total. The molecule has 1 fully saturated rings. The van der Waals surface area contributed by atoms with Gasteiger partial charge in [-0.05, 0) is 0 Å². The van der Waals surface area contributed by atoms with Crippen molar-refractivity contribution in [3.05, 3.63) is 12.7 Å². The summed E-state index contributed by atoms with van der Waals surface area (Å²) in [5.41, 5.74) is 6.03. The van der Waals surface area contributed by atoms with Gasteiger partial charge in [0.05, 0.1) is 12.9 Å². The minimum absolute atomic E-state index is 0.0432. The molecule has 192 valence electrons. The number of phosphoric acid groups is 3. The summed E-state index contributed by atoms with van der Waals surface area (Å²) in [6.07, 6.45) is -3.48. The molecule has 7 atom stereocenters. The first-order valence-corrected chi connectivity index (χ1v) is 14.3. The molecule has 20 nitrogen and oxygen atoms in total. The van der Waals surface area contributed by atoms with Crippen molar-refractivity contribution in [3.63, 3.8) is 0 Å². The number of ether oxygens (including phenoxy) is 1. The van der Waals surface area contributed by atoms with Crippen LogP contribution in [-0.4, -0.2) is 74.2 Å². The monoisotopic (exact) mass is 571 g/mol. The topological polar surface area (TPSA) is 305 Å². The molecule has 1 aliphatic rings. The highest BCUT2D eigenvalue weighted by atomic mass is 31.3. The minimum Gasteiger partial charge on any atom is -0.387 e. The van der Waals surface area contributed by atoms with Gasteiger partial charge in [-0.3, -0.25) is 9.13 Å². The maximum atomic E-state index is 11.8. The standard InChI is InChI=1S/C10H17N5O15P4/c11-8-5-9(13-2-12-8)15(3-14-5)10-7(17)6(16)4(27-10)1-26-31(18)28-33(22,23)30-34(24,25)29-32(19,20)21/h2-4,6-7,10,16-17,31H,1H2,(H,22,23)(H,24,25)(H2,11,12,13)(H2,19,20,21)/t4-,6?,7?,10-/m1/s1. The lowest BCUT2D eigenvalue weighted by molar-refractivity contribution is -0.0476. The SMILES string of the molecule is Nc1ncnc2c1ncn2[C@@H]1O[C@H](CO[PH](=O)OP(=O)(O)OP(=O)(O)OP(=O)(O)O)C(O)C1O. The van der Waals surface area contributed by atoms with Gasteiger partial charge in [0, 0.05) is 0 Å². The number of fused-ring (bicyclic) bond motifs is 1. The van der Waals surface area contributed by atoms with Gasteiger partial charge in [-0.2, -0.15) is 8.62 Å². The summed E-state index contributed by atoms with van der Waals surface area (Å²) in [4.78, 5) is 47.0. The molecule has 3 heterocycles. The number of nitrogens with zero attached hydrogens (tertiary/aromatic N) is 4. The Kier molecular flexibility index (Phi) is 8.12. The molecule has 0 radical (unpaired) electrons. The summed E-state index contributed by atoms with van der Waals surface area (Å²) in [6.45, 7) is -0.786. The van der Waals surface area contributed by atoms with Gasteiger partial charge >= 0.3 is 31.7 Å². The number of aromatic nitrogens is 4. The van der Waals surface area contributed by atoms with Crippen molar-refractivity contribution in [3.8, 4) is 0 Å². The van der Waals surface area contributed by atoms with Crippen LogP contribution in [0, 0.1) is 0 Å². The van der Waals surface area contributed by atoms with E-state index in [1.807, 2.05) is 0 Å². The summed E-state index contributed by atoms with van der Waals surface area (Å²) in [6, 6.07) is 0. The van der Waals surface area contributed by atoms with Gasteiger partial charge in [-0.25, -0.2) is 33.0 Å². The van der Waals surface area contributed by atoms with Crippen molar-refractivity contribution in [1.29, 1.82) is 0 Å². The number of aliphatic hydroxyl groups excluding tert-OH is 2. The van der Waals surface area contributed by atoms with Crippen LogP contribution in [0.3, 0.4) is 0 Å². The first kappa shape index (κ1) is 27.4. The van der Waals surface area contributed by atoms with Crippen LogP contribution in [-0.2, 0) is 40.5 Å². The molecule has 5 unspecified atom stereocenters. The molecule has 24 heteroatoms. The lowest BCUT2D eigenvalue weighted by Crippen LogP contribution is -2.33. The predicted molar refractivity (Wildman–Crippen MR) is 106 cm³/mol. The van der Waals surface area contributed by atoms with Crippen LogP contribution in [0.5, 0.6) is 0 Å². The van der Waals surface area contributed by atoms with Crippen molar-refractivity contribution in [2.45, 2.75) is 24.5 Å². The summed E-state index contributed by atoms with van der Waals surface area (Å²) >= 11 is 0. The highest BCUT2D eigenvalue weighted by Crippen LogP contribution is 2.68. The van der Waals surface area contributed by atoms with Crippen molar-refractivity contribution in [2.75, 3.05) is 12.3 Å². The lowest BCUT2D eigenvalue weighted by atomic mass is 10.1. The number of nitrogen functional groups attached to an aromatic ring is 1. The van der Waals surface area contributed by atoms with Crippen LogP contribution in [0.4, 0.5) is 5.82 Å². The largest absolute Gasteiger partial charge is 0.490 e. The van der Waals surface area contributed by atoms with Gasteiger partial charge in [0.1, 0.15) is 30.2 Å². The smallest absolute Gasteiger partial charge is 0.387 e. The molecule has 1 aliphatic heterocycles. The second kappa shape index (κ2) is 10.1. The molecule has 0 bridgehead atoms. The maximum Gasteiger partial charge on any atom is 0.490 e. The number of rotatable bonds is 10. The molecule has 0 spiro atoms. The second-order valence-electron chi connectivity index (χ2n) is 6.37. The first-order valence-electron chi connectivity index (χ1n) is 8.53. The molecule has 34 heavy (non-hydrogen) atoms. The Labute approximate surface area is 188 Å². The summed E-state index contributed by atoms with van der Waals surface area (Å²) < 4.78 is 67.5. The van der Waals surface area contributed by atoms with E-state index in [2.05, 4.69) is 32.4 Å². The van der Waals surface area contributed by atoms with E-state index in [1.165, 1.54) is 10.9 Å². The van der Waals surface area contributed by atoms with Crippen LogP contribution in [0.25, 0.3) is 11.2 Å². The molecule has 2 aromatic rings. The lowest BCUT2D eigenvalue weighted by Gasteiger charge is -2.17. The molecule has 2 aromatic heterocycles. The van der Waals surface area contributed by atoms with E-state index in [4.69, 9.17) is 25.2 Å². The Morgan fingerprint density at radius 2 is 1.74 bits per heavy atom. The number of aliphatic hydroxyl groups is 2. The van der Waals surface area contributed by atoms with E-state index < -0.39 is 62.9 Å². The number of hydrogen-bond acceptors (Lipinski definition) is 15. The molecule has 3 rings (SSSR count). The molecular formula is C10H17N5O15P4. The normalized spacial score (nSPS) is 27.9. The fourth-order valence-electron chi connectivity index (χ4n) is 2.72. The Bertz CT molecular complexity index is 1220. The predicted octanol–water partition coefficient (Wildman–Crippen LogP) is -1.22. The van der Waals surface area contributed by atoms with Crippen molar-refractivity contribution < 1.29 is 70.2 Å². The first-order chi connectivity index (χ1) is 15.6. The Hall–Kier alpha value is -1.17. The van der Waals surface area contributed by atoms with Crippen LogP contribution < -0.4 is 5.73 Å². The van der Waals surface area contributed by atoms with Crippen molar-refractivity contribution in [1.82, 2.24) is 19.5 Å². The van der Waals surface area contributed by atoms with Gasteiger partial charge < -0.3 is 44.8 Å².